The number of anilines is 2. The highest BCUT2D eigenvalue weighted by molar-refractivity contribution is 7.92. The van der Waals surface area contributed by atoms with Gasteiger partial charge in [0.2, 0.25) is 0 Å². The van der Waals surface area contributed by atoms with E-state index >= 15 is 0 Å². The van der Waals surface area contributed by atoms with Crippen molar-refractivity contribution in [3.8, 4) is 16.9 Å². The summed E-state index contributed by atoms with van der Waals surface area (Å²) < 4.78 is 46.2. The lowest BCUT2D eigenvalue weighted by molar-refractivity contribution is -0.131. The fourth-order valence-electron chi connectivity index (χ4n) is 3.40. The first kappa shape index (κ1) is 24.6. The van der Waals surface area contributed by atoms with Gasteiger partial charge < -0.3 is 10.1 Å². The molecular weight excluding hydrogens is 483 g/mol. The third-order valence-corrected chi connectivity index (χ3v) is 6.49. The maximum absolute atomic E-state index is 13.2. The predicted octanol–water partition coefficient (Wildman–Crippen LogP) is 5.47. The van der Waals surface area contributed by atoms with Gasteiger partial charge in [0.15, 0.2) is 5.75 Å². The Kier molecular flexibility index (Phi) is 7.12. The molecular formula is C27H21FN2O5S. The summed E-state index contributed by atoms with van der Waals surface area (Å²) in [6.07, 6.45) is 0. The summed E-state index contributed by atoms with van der Waals surface area (Å²) in [7, 11) is -4.14. The average molecular weight is 505 g/mol. The van der Waals surface area contributed by atoms with Crippen LogP contribution in [0.4, 0.5) is 15.8 Å². The number of halogens is 1. The highest BCUT2D eigenvalue weighted by Crippen LogP contribution is 2.31. The Balaban J connectivity index is 1.57. The number of amides is 1. The maximum Gasteiger partial charge on any atom is 0.308 e. The first-order chi connectivity index (χ1) is 17.2. The van der Waals surface area contributed by atoms with Gasteiger partial charge in [0, 0.05) is 18.2 Å². The average Bonchev–Trinajstić information content (AvgIpc) is 2.86. The standard InChI is InChI=1S/C27H21FN2O5S/c1-18(31)35-26-16-13-23(17-25(26)30-36(33,34)24-14-11-22(28)12-15-24)29-27(32)21-9-7-20(8-10-21)19-5-3-2-4-6-19/h2-17,30H,1H3,(H,29,32). The van der Waals surface area contributed by atoms with Crippen LogP contribution in [0.25, 0.3) is 11.1 Å². The van der Waals surface area contributed by atoms with E-state index < -0.39 is 27.7 Å². The van der Waals surface area contributed by atoms with E-state index in [0.29, 0.717) is 5.56 Å². The first-order valence-corrected chi connectivity index (χ1v) is 12.3. The molecule has 0 radical (unpaired) electrons. The number of nitrogens with one attached hydrogen (secondary N) is 2. The van der Waals surface area contributed by atoms with Gasteiger partial charge in [0.25, 0.3) is 15.9 Å². The molecule has 7 nitrogen and oxygen atoms in total. The molecule has 0 atom stereocenters. The minimum absolute atomic E-state index is 0.0570. The second-order valence-corrected chi connectivity index (χ2v) is 9.44. The van der Waals surface area contributed by atoms with E-state index in [1.807, 2.05) is 42.5 Å². The Morgan fingerprint density at radius 3 is 2.08 bits per heavy atom. The van der Waals surface area contributed by atoms with Crippen LogP contribution >= 0.6 is 0 Å². The fourth-order valence-corrected chi connectivity index (χ4v) is 4.46. The molecule has 0 aliphatic rings. The lowest BCUT2D eigenvalue weighted by Gasteiger charge is -2.14. The molecule has 0 saturated carbocycles. The predicted molar refractivity (Wildman–Crippen MR) is 135 cm³/mol. The zero-order valence-electron chi connectivity index (χ0n) is 19.1. The molecule has 0 aliphatic heterocycles. The van der Waals surface area contributed by atoms with Gasteiger partial charge in [-0.3, -0.25) is 14.3 Å². The van der Waals surface area contributed by atoms with Crippen molar-refractivity contribution < 1.29 is 27.1 Å². The van der Waals surface area contributed by atoms with Gasteiger partial charge in [0.1, 0.15) is 5.82 Å². The number of sulfonamides is 1. The number of hydrogen-bond donors (Lipinski definition) is 2. The number of esters is 1. The van der Waals surface area contributed by atoms with Crippen LogP contribution in [0.5, 0.6) is 5.75 Å². The number of benzene rings is 4. The molecule has 9 heteroatoms. The maximum atomic E-state index is 13.2. The third-order valence-electron chi connectivity index (χ3n) is 5.11. The van der Waals surface area contributed by atoms with Gasteiger partial charge in [-0.05, 0) is 65.7 Å². The summed E-state index contributed by atoms with van der Waals surface area (Å²) in [6, 6.07) is 25.1. The summed E-state index contributed by atoms with van der Waals surface area (Å²) in [4.78, 5) is 24.1. The van der Waals surface area contributed by atoms with Crippen molar-refractivity contribution in [3.05, 3.63) is 108 Å². The van der Waals surface area contributed by atoms with Crippen LogP contribution in [-0.2, 0) is 14.8 Å². The van der Waals surface area contributed by atoms with Gasteiger partial charge in [-0.25, -0.2) is 12.8 Å². The number of carbonyl (C=O) groups is 2. The molecule has 0 bridgehead atoms. The van der Waals surface area contributed by atoms with Crippen LogP contribution in [0, 0.1) is 5.82 Å². The van der Waals surface area contributed by atoms with E-state index in [-0.39, 0.29) is 22.0 Å². The van der Waals surface area contributed by atoms with E-state index in [1.54, 1.807) is 12.1 Å². The van der Waals surface area contributed by atoms with Crippen molar-refractivity contribution in [2.75, 3.05) is 10.0 Å². The molecule has 1 amide bonds. The monoisotopic (exact) mass is 504 g/mol. The third kappa shape index (κ3) is 5.94. The van der Waals surface area contributed by atoms with Crippen molar-refractivity contribution in [1.29, 1.82) is 0 Å². The Morgan fingerprint density at radius 2 is 1.44 bits per heavy atom. The second kappa shape index (κ2) is 10.4. The zero-order valence-corrected chi connectivity index (χ0v) is 19.9. The van der Waals surface area contributed by atoms with Crippen LogP contribution in [-0.4, -0.2) is 20.3 Å². The quantitative estimate of drug-likeness (QED) is 0.257. The summed E-state index contributed by atoms with van der Waals surface area (Å²) in [6.45, 7) is 1.17. The second-order valence-electron chi connectivity index (χ2n) is 7.76. The molecule has 0 fully saturated rings. The Morgan fingerprint density at radius 1 is 0.806 bits per heavy atom. The lowest BCUT2D eigenvalue weighted by Crippen LogP contribution is -2.16. The molecule has 0 heterocycles. The molecule has 2 N–H and O–H groups in total. The normalized spacial score (nSPS) is 10.9. The summed E-state index contributed by atoms with van der Waals surface area (Å²) in [5, 5.41) is 2.71. The smallest absolute Gasteiger partial charge is 0.308 e. The van der Waals surface area contributed by atoms with Crippen molar-refractivity contribution in [3.63, 3.8) is 0 Å². The van der Waals surface area contributed by atoms with Crippen molar-refractivity contribution in [2.24, 2.45) is 0 Å². The van der Waals surface area contributed by atoms with Gasteiger partial charge in [0.05, 0.1) is 10.6 Å². The largest absolute Gasteiger partial charge is 0.424 e. The van der Waals surface area contributed by atoms with Gasteiger partial charge in [-0.1, -0.05) is 42.5 Å². The number of carbonyl (C=O) groups excluding carboxylic acids is 2. The van der Waals surface area contributed by atoms with Crippen LogP contribution < -0.4 is 14.8 Å². The molecule has 0 saturated heterocycles. The van der Waals surface area contributed by atoms with E-state index in [4.69, 9.17) is 4.74 Å². The number of ether oxygens (including phenoxy) is 1. The van der Waals surface area contributed by atoms with Crippen molar-refractivity contribution in [2.45, 2.75) is 11.8 Å². The topological polar surface area (TPSA) is 102 Å². The first-order valence-electron chi connectivity index (χ1n) is 10.8. The molecule has 0 spiro atoms. The van der Waals surface area contributed by atoms with Gasteiger partial charge >= 0.3 is 5.97 Å². The van der Waals surface area contributed by atoms with E-state index in [9.17, 15) is 22.4 Å². The van der Waals surface area contributed by atoms with Crippen LogP contribution in [0.2, 0.25) is 0 Å². The summed E-state index contributed by atoms with van der Waals surface area (Å²) >= 11 is 0. The Labute approximate surface area is 207 Å². The van der Waals surface area contributed by atoms with Crippen molar-refractivity contribution in [1.82, 2.24) is 0 Å². The molecule has 4 rings (SSSR count). The summed E-state index contributed by atoms with van der Waals surface area (Å²) in [5.74, 6) is -1.72. The number of rotatable bonds is 7. The highest BCUT2D eigenvalue weighted by atomic mass is 32.2. The van der Waals surface area contributed by atoms with Gasteiger partial charge in [-0.2, -0.15) is 0 Å². The molecule has 36 heavy (non-hydrogen) atoms. The Bertz CT molecular complexity index is 1500. The summed E-state index contributed by atoms with van der Waals surface area (Å²) in [5.41, 5.74) is 2.55. The van der Waals surface area contributed by atoms with Crippen LogP contribution in [0.1, 0.15) is 17.3 Å². The van der Waals surface area contributed by atoms with Gasteiger partial charge in [-0.15, -0.1) is 0 Å². The van der Waals surface area contributed by atoms with E-state index in [2.05, 4.69) is 10.0 Å². The molecule has 0 aliphatic carbocycles. The molecule has 182 valence electrons. The molecule has 4 aromatic rings. The van der Waals surface area contributed by atoms with E-state index in [0.717, 1.165) is 35.4 Å². The SMILES string of the molecule is CC(=O)Oc1ccc(NC(=O)c2ccc(-c3ccccc3)cc2)cc1NS(=O)(=O)c1ccc(F)cc1. The number of hydrogen-bond acceptors (Lipinski definition) is 5. The van der Waals surface area contributed by atoms with Crippen LogP contribution in [0.3, 0.4) is 0 Å². The minimum Gasteiger partial charge on any atom is -0.424 e. The van der Waals surface area contributed by atoms with Crippen molar-refractivity contribution >= 4 is 33.3 Å². The molecule has 0 unspecified atom stereocenters. The highest BCUT2D eigenvalue weighted by Gasteiger charge is 2.19. The Hall–Kier alpha value is -4.50. The van der Waals surface area contributed by atoms with E-state index in [1.165, 1.54) is 25.1 Å². The molecule has 4 aromatic carbocycles. The fraction of sp³-hybridized carbons (Fsp3) is 0.0370. The van der Waals surface area contributed by atoms with Crippen LogP contribution in [0.15, 0.2) is 102 Å². The molecule has 0 aromatic heterocycles. The lowest BCUT2D eigenvalue weighted by atomic mass is 10.0. The minimum atomic E-state index is -4.14. The zero-order chi connectivity index (χ0) is 25.7.